The normalized spacial score (nSPS) is 11.1. The Bertz CT molecular complexity index is 1640. The molecule has 10 heteroatoms. The van der Waals surface area contributed by atoms with Crippen molar-refractivity contribution in [2.24, 2.45) is 0 Å². The van der Waals surface area contributed by atoms with E-state index >= 15 is 0 Å². The summed E-state index contributed by atoms with van der Waals surface area (Å²) < 4.78 is 35.5. The number of rotatable bonds is 13. The molecule has 0 atom stereocenters. The SMILES string of the molecule is CCOC(=O)C=Cc1cn(Cc2ccccc2)nc1OCc1ccc(OCc2nc(-c3ccco3)oc2C)c(OC)c1. The van der Waals surface area contributed by atoms with Gasteiger partial charge in [0.05, 0.1) is 32.1 Å². The zero-order chi connectivity index (χ0) is 29.3. The van der Waals surface area contributed by atoms with Crippen LogP contribution in [0.25, 0.3) is 17.7 Å². The first-order valence-electron chi connectivity index (χ1n) is 13.4. The molecule has 3 aromatic heterocycles. The van der Waals surface area contributed by atoms with Crippen LogP contribution in [-0.2, 0) is 29.3 Å². The molecule has 0 fully saturated rings. The second-order valence-corrected chi connectivity index (χ2v) is 9.22. The van der Waals surface area contributed by atoms with Crippen molar-refractivity contribution < 1.29 is 32.6 Å². The summed E-state index contributed by atoms with van der Waals surface area (Å²) in [6, 6.07) is 19.1. The molecule has 0 amide bonds. The predicted octanol–water partition coefficient (Wildman–Crippen LogP) is 6.23. The summed E-state index contributed by atoms with van der Waals surface area (Å²) >= 11 is 0. The molecule has 42 heavy (non-hydrogen) atoms. The summed E-state index contributed by atoms with van der Waals surface area (Å²) in [5.41, 5.74) is 3.24. The van der Waals surface area contributed by atoms with Gasteiger partial charge in [-0.15, -0.1) is 5.10 Å². The number of aromatic nitrogens is 3. The first kappa shape index (κ1) is 28.3. The van der Waals surface area contributed by atoms with Crippen molar-refractivity contribution in [3.63, 3.8) is 0 Å². The molecule has 0 spiro atoms. The van der Waals surface area contributed by atoms with E-state index in [1.54, 1.807) is 43.2 Å². The Balaban J connectivity index is 1.27. The smallest absolute Gasteiger partial charge is 0.330 e. The molecule has 5 rings (SSSR count). The first-order valence-corrected chi connectivity index (χ1v) is 13.4. The number of carbonyl (C=O) groups excluding carboxylic acids is 1. The first-order chi connectivity index (χ1) is 20.5. The van der Waals surface area contributed by atoms with Gasteiger partial charge in [0.1, 0.15) is 24.7 Å². The van der Waals surface area contributed by atoms with Crippen molar-refractivity contribution in [1.82, 2.24) is 14.8 Å². The highest BCUT2D eigenvalue weighted by Gasteiger charge is 2.16. The molecule has 0 aliphatic carbocycles. The fraction of sp³-hybridized carbons (Fsp3) is 0.219. The van der Waals surface area contributed by atoms with Crippen molar-refractivity contribution in [3.8, 4) is 29.0 Å². The van der Waals surface area contributed by atoms with Gasteiger partial charge in [-0.25, -0.2) is 9.78 Å². The Morgan fingerprint density at radius 1 is 1.00 bits per heavy atom. The minimum Gasteiger partial charge on any atom is -0.493 e. The van der Waals surface area contributed by atoms with Crippen LogP contribution in [0.3, 0.4) is 0 Å². The third kappa shape index (κ3) is 7.08. The number of furan rings is 1. The van der Waals surface area contributed by atoms with Gasteiger partial charge in [0.15, 0.2) is 17.3 Å². The standard InChI is InChI=1S/C32H31N3O7/c1-4-38-30(36)15-13-25-19-35(18-23-9-6-5-7-10-23)34-31(25)41-20-24-12-14-27(29(17-24)37-3)40-21-26-22(2)42-32(33-26)28-11-8-16-39-28/h5-17,19H,4,18,20-21H2,1-3H3. The second kappa shape index (κ2) is 13.4. The lowest BCUT2D eigenvalue weighted by atomic mass is 10.2. The molecule has 0 saturated heterocycles. The molecule has 216 valence electrons. The van der Waals surface area contributed by atoms with Crippen LogP contribution in [0.2, 0.25) is 0 Å². The highest BCUT2D eigenvalue weighted by Crippen LogP contribution is 2.31. The Labute approximate surface area is 243 Å². The molecule has 0 unspecified atom stereocenters. The monoisotopic (exact) mass is 569 g/mol. The number of ether oxygens (including phenoxy) is 4. The van der Waals surface area contributed by atoms with Gasteiger partial charge in [0.25, 0.3) is 5.89 Å². The molecule has 0 aliphatic rings. The largest absolute Gasteiger partial charge is 0.493 e. The van der Waals surface area contributed by atoms with E-state index in [2.05, 4.69) is 10.1 Å². The fourth-order valence-corrected chi connectivity index (χ4v) is 4.13. The molecule has 0 saturated carbocycles. The zero-order valence-corrected chi connectivity index (χ0v) is 23.6. The van der Waals surface area contributed by atoms with Crippen molar-refractivity contribution >= 4 is 12.0 Å². The molecule has 0 aliphatic heterocycles. The zero-order valence-electron chi connectivity index (χ0n) is 23.6. The third-order valence-corrected chi connectivity index (χ3v) is 6.22. The number of carbonyl (C=O) groups is 1. The number of oxazole rings is 1. The highest BCUT2D eigenvalue weighted by molar-refractivity contribution is 5.87. The van der Waals surface area contributed by atoms with E-state index in [4.69, 9.17) is 27.8 Å². The lowest BCUT2D eigenvalue weighted by Crippen LogP contribution is -2.03. The van der Waals surface area contributed by atoms with Gasteiger partial charge in [-0.05, 0) is 55.3 Å². The molecule has 0 radical (unpaired) electrons. The molecular formula is C32H31N3O7. The highest BCUT2D eigenvalue weighted by atomic mass is 16.5. The fourth-order valence-electron chi connectivity index (χ4n) is 4.13. The summed E-state index contributed by atoms with van der Waals surface area (Å²) in [4.78, 5) is 16.4. The minimum atomic E-state index is -0.433. The number of benzene rings is 2. The molecule has 10 nitrogen and oxygen atoms in total. The number of methoxy groups -OCH3 is 1. The molecule has 5 aromatic rings. The lowest BCUT2D eigenvalue weighted by molar-refractivity contribution is -0.137. The number of hydrogen-bond acceptors (Lipinski definition) is 9. The third-order valence-electron chi connectivity index (χ3n) is 6.22. The topological polar surface area (TPSA) is 111 Å². The number of aryl methyl sites for hydroxylation is 1. The number of nitrogens with zero attached hydrogens (tertiary/aromatic N) is 3. The molecule has 3 heterocycles. The van der Waals surface area contributed by atoms with Crippen LogP contribution < -0.4 is 14.2 Å². The van der Waals surface area contributed by atoms with Gasteiger partial charge in [-0.3, -0.25) is 4.68 Å². The van der Waals surface area contributed by atoms with Crippen LogP contribution in [-0.4, -0.2) is 34.5 Å². The number of esters is 1. The average Bonchev–Trinajstić information content (AvgIpc) is 3.75. The molecule has 2 aromatic carbocycles. The van der Waals surface area contributed by atoms with E-state index in [0.717, 1.165) is 11.1 Å². The molecule has 0 bridgehead atoms. The Morgan fingerprint density at radius 2 is 1.86 bits per heavy atom. The second-order valence-electron chi connectivity index (χ2n) is 9.22. The minimum absolute atomic E-state index is 0.192. The van der Waals surface area contributed by atoms with Crippen LogP contribution in [0.15, 0.2) is 88.0 Å². The molecular weight excluding hydrogens is 538 g/mol. The lowest BCUT2D eigenvalue weighted by Gasteiger charge is -2.12. The summed E-state index contributed by atoms with van der Waals surface area (Å²) in [6.45, 7) is 4.85. The van der Waals surface area contributed by atoms with E-state index < -0.39 is 5.97 Å². The Morgan fingerprint density at radius 3 is 2.62 bits per heavy atom. The van der Waals surface area contributed by atoms with Crippen LogP contribution >= 0.6 is 0 Å². The van der Waals surface area contributed by atoms with Crippen LogP contribution in [0.1, 0.15) is 35.1 Å². The van der Waals surface area contributed by atoms with Crippen LogP contribution in [0, 0.1) is 6.92 Å². The summed E-state index contributed by atoms with van der Waals surface area (Å²) in [7, 11) is 1.58. The van der Waals surface area contributed by atoms with Gasteiger partial charge in [0.2, 0.25) is 5.88 Å². The molecule has 0 N–H and O–H groups in total. The van der Waals surface area contributed by atoms with Crippen LogP contribution in [0.4, 0.5) is 0 Å². The van der Waals surface area contributed by atoms with Crippen molar-refractivity contribution in [1.29, 1.82) is 0 Å². The van der Waals surface area contributed by atoms with E-state index in [0.29, 0.717) is 59.2 Å². The van der Waals surface area contributed by atoms with Gasteiger partial charge in [-0.1, -0.05) is 36.4 Å². The van der Waals surface area contributed by atoms with E-state index in [9.17, 15) is 4.79 Å². The predicted molar refractivity (Wildman–Crippen MR) is 154 cm³/mol. The quantitative estimate of drug-likeness (QED) is 0.120. The average molecular weight is 570 g/mol. The Hall–Kier alpha value is -5.25. The maximum atomic E-state index is 11.9. The maximum absolute atomic E-state index is 11.9. The van der Waals surface area contributed by atoms with E-state index in [-0.39, 0.29) is 13.2 Å². The van der Waals surface area contributed by atoms with Crippen LogP contribution in [0.5, 0.6) is 17.4 Å². The number of hydrogen-bond donors (Lipinski definition) is 0. The Kier molecular flexibility index (Phi) is 9.03. The van der Waals surface area contributed by atoms with E-state index in [1.807, 2.05) is 61.7 Å². The van der Waals surface area contributed by atoms with Crippen molar-refractivity contribution in [3.05, 3.63) is 107 Å². The van der Waals surface area contributed by atoms with Crippen molar-refractivity contribution in [2.45, 2.75) is 33.6 Å². The summed E-state index contributed by atoms with van der Waals surface area (Å²) in [6.07, 6.45) is 6.41. The maximum Gasteiger partial charge on any atom is 0.330 e. The summed E-state index contributed by atoms with van der Waals surface area (Å²) in [5, 5.41) is 4.61. The van der Waals surface area contributed by atoms with Gasteiger partial charge in [0, 0.05) is 12.3 Å². The van der Waals surface area contributed by atoms with Gasteiger partial charge >= 0.3 is 5.97 Å². The van der Waals surface area contributed by atoms with Crippen molar-refractivity contribution in [2.75, 3.05) is 13.7 Å². The van der Waals surface area contributed by atoms with E-state index in [1.165, 1.54) is 6.08 Å². The summed E-state index contributed by atoms with van der Waals surface area (Å²) in [5.74, 6) is 2.64. The van der Waals surface area contributed by atoms with Gasteiger partial charge < -0.3 is 27.8 Å². The van der Waals surface area contributed by atoms with Gasteiger partial charge in [-0.2, -0.15) is 0 Å².